The highest BCUT2D eigenvalue weighted by Crippen LogP contribution is 2.27. The summed E-state index contributed by atoms with van der Waals surface area (Å²) in [5.74, 6) is 0.165. The summed E-state index contributed by atoms with van der Waals surface area (Å²) in [6, 6.07) is 9.74. The van der Waals surface area contributed by atoms with E-state index in [0.717, 1.165) is 22.1 Å². The fourth-order valence-corrected chi connectivity index (χ4v) is 2.93. The van der Waals surface area contributed by atoms with Crippen LogP contribution in [0.4, 0.5) is 0 Å². The maximum absolute atomic E-state index is 12.9. The van der Waals surface area contributed by atoms with E-state index in [0.29, 0.717) is 24.3 Å². The van der Waals surface area contributed by atoms with Crippen LogP contribution in [0.2, 0.25) is 0 Å². The third-order valence-corrected chi connectivity index (χ3v) is 4.36. The van der Waals surface area contributed by atoms with Crippen LogP contribution in [0.3, 0.4) is 0 Å². The van der Waals surface area contributed by atoms with E-state index >= 15 is 0 Å². The number of fused-ring (bicyclic) bond motifs is 1. The van der Waals surface area contributed by atoms with Gasteiger partial charge >= 0.3 is 0 Å². The Balaban J connectivity index is 1.84. The van der Waals surface area contributed by atoms with Gasteiger partial charge in [-0.3, -0.25) is 9.78 Å². The Hall–Kier alpha value is -2.66. The SMILES string of the molecule is Cc1ccc2oc(C(=O)N(CCO)CCc3ccncc3)c(C)c2c1. The minimum atomic E-state index is -0.186. The molecule has 130 valence electrons. The van der Waals surface area contributed by atoms with Gasteiger partial charge in [-0.05, 0) is 50.1 Å². The Labute approximate surface area is 146 Å². The van der Waals surface area contributed by atoms with Crippen LogP contribution in [-0.4, -0.2) is 40.6 Å². The number of aromatic nitrogens is 1. The molecule has 0 aliphatic heterocycles. The number of aliphatic hydroxyl groups is 1. The monoisotopic (exact) mass is 338 g/mol. The minimum absolute atomic E-state index is 0.0829. The Kier molecular flexibility index (Phi) is 5.14. The first kappa shape index (κ1) is 17.2. The van der Waals surface area contributed by atoms with Crippen molar-refractivity contribution >= 4 is 16.9 Å². The lowest BCUT2D eigenvalue weighted by Crippen LogP contribution is -2.35. The second kappa shape index (κ2) is 7.49. The fourth-order valence-electron chi connectivity index (χ4n) is 2.93. The van der Waals surface area contributed by atoms with Gasteiger partial charge in [0.05, 0.1) is 6.61 Å². The van der Waals surface area contributed by atoms with Gasteiger partial charge in [0.25, 0.3) is 5.91 Å². The Morgan fingerprint density at radius 1 is 1.16 bits per heavy atom. The topological polar surface area (TPSA) is 66.6 Å². The van der Waals surface area contributed by atoms with Gasteiger partial charge in [0, 0.05) is 36.4 Å². The highest BCUT2D eigenvalue weighted by Gasteiger charge is 2.23. The summed E-state index contributed by atoms with van der Waals surface area (Å²) in [5.41, 5.74) is 3.78. The molecule has 2 heterocycles. The molecule has 1 N–H and O–H groups in total. The van der Waals surface area contributed by atoms with E-state index < -0.39 is 0 Å². The lowest BCUT2D eigenvalue weighted by Gasteiger charge is -2.21. The van der Waals surface area contributed by atoms with E-state index in [9.17, 15) is 9.90 Å². The van der Waals surface area contributed by atoms with Crippen molar-refractivity contribution in [3.05, 3.63) is 65.2 Å². The molecule has 0 aliphatic carbocycles. The average Bonchev–Trinajstić information content (AvgIpc) is 2.95. The predicted molar refractivity (Wildman–Crippen MR) is 96.6 cm³/mol. The van der Waals surface area contributed by atoms with Crippen LogP contribution in [0, 0.1) is 13.8 Å². The summed E-state index contributed by atoms with van der Waals surface area (Å²) in [6.45, 7) is 4.62. The van der Waals surface area contributed by atoms with Gasteiger partial charge in [-0.1, -0.05) is 11.6 Å². The number of pyridine rings is 1. The number of amides is 1. The van der Waals surface area contributed by atoms with Gasteiger partial charge in [-0.15, -0.1) is 0 Å². The molecule has 1 aromatic carbocycles. The number of furan rings is 1. The largest absolute Gasteiger partial charge is 0.451 e. The molecule has 5 heteroatoms. The van der Waals surface area contributed by atoms with Gasteiger partial charge in [0.15, 0.2) is 5.76 Å². The van der Waals surface area contributed by atoms with Crippen LogP contribution in [0.5, 0.6) is 0 Å². The molecule has 2 aromatic heterocycles. The zero-order valence-corrected chi connectivity index (χ0v) is 14.5. The molecule has 0 saturated carbocycles. The molecule has 0 unspecified atom stereocenters. The second-order valence-electron chi connectivity index (χ2n) is 6.18. The van der Waals surface area contributed by atoms with E-state index in [1.807, 2.05) is 44.2 Å². The summed E-state index contributed by atoms with van der Waals surface area (Å²) < 4.78 is 5.81. The smallest absolute Gasteiger partial charge is 0.289 e. The Bertz CT molecular complexity index is 871. The number of carbonyl (C=O) groups excluding carboxylic acids is 1. The van der Waals surface area contributed by atoms with Gasteiger partial charge in [-0.25, -0.2) is 0 Å². The van der Waals surface area contributed by atoms with Crippen molar-refractivity contribution in [1.82, 2.24) is 9.88 Å². The summed E-state index contributed by atoms with van der Waals surface area (Å²) in [4.78, 5) is 18.6. The standard InChI is InChI=1S/C20H22N2O3/c1-14-3-4-18-17(13-14)15(2)19(25-18)20(24)22(11-12-23)10-7-16-5-8-21-9-6-16/h3-6,8-9,13,23H,7,10-12H2,1-2H3. The zero-order valence-electron chi connectivity index (χ0n) is 14.5. The summed E-state index contributed by atoms with van der Waals surface area (Å²) in [6.07, 6.45) is 4.17. The molecule has 0 atom stereocenters. The van der Waals surface area contributed by atoms with E-state index in [2.05, 4.69) is 4.98 Å². The first-order valence-electron chi connectivity index (χ1n) is 8.39. The molecule has 0 radical (unpaired) electrons. The lowest BCUT2D eigenvalue weighted by atomic mass is 10.1. The summed E-state index contributed by atoms with van der Waals surface area (Å²) in [7, 11) is 0. The molecule has 0 bridgehead atoms. The third kappa shape index (κ3) is 3.72. The molecule has 25 heavy (non-hydrogen) atoms. The predicted octanol–water partition coefficient (Wildman–Crippen LogP) is 3.12. The maximum atomic E-state index is 12.9. The fraction of sp³-hybridized carbons (Fsp3) is 0.300. The van der Waals surface area contributed by atoms with Crippen molar-refractivity contribution in [2.75, 3.05) is 19.7 Å². The van der Waals surface area contributed by atoms with E-state index in [1.165, 1.54) is 0 Å². The molecule has 0 saturated heterocycles. The first-order valence-corrected chi connectivity index (χ1v) is 8.39. The number of aliphatic hydroxyl groups excluding tert-OH is 1. The number of hydrogen-bond acceptors (Lipinski definition) is 4. The van der Waals surface area contributed by atoms with E-state index in [4.69, 9.17) is 4.42 Å². The summed E-state index contributed by atoms with van der Waals surface area (Å²) >= 11 is 0. The van der Waals surface area contributed by atoms with Crippen LogP contribution >= 0.6 is 0 Å². The minimum Gasteiger partial charge on any atom is -0.451 e. The Morgan fingerprint density at radius 3 is 2.64 bits per heavy atom. The molecular formula is C20H22N2O3. The molecule has 3 rings (SSSR count). The van der Waals surface area contributed by atoms with Crippen LogP contribution in [0.15, 0.2) is 47.1 Å². The molecule has 0 fully saturated rings. The van der Waals surface area contributed by atoms with Crippen LogP contribution in [-0.2, 0) is 6.42 Å². The zero-order chi connectivity index (χ0) is 17.8. The molecule has 1 amide bonds. The number of nitrogens with zero attached hydrogens (tertiary/aromatic N) is 2. The number of benzene rings is 1. The molecular weight excluding hydrogens is 316 g/mol. The van der Waals surface area contributed by atoms with Crippen molar-refractivity contribution in [2.24, 2.45) is 0 Å². The van der Waals surface area contributed by atoms with Crippen LogP contribution < -0.4 is 0 Å². The summed E-state index contributed by atoms with van der Waals surface area (Å²) in [5, 5.41) is 10.3. The number of aryl methyl sites for hydroxylation is 2. The number of rotatable bonds is 6. The molecule has 0 spiro atoms. The quantitative estimate of drug-likeness (QED) is 0.750. The lowest BCUT2D eigenvalue weighted by molar-refractivity contribution is 0.0693. The number of carbonyl (C=O) groups is 1. The van der Waals surface area contributed by atoms with E-state index in [1.54, 1.807) is 17.3 Å². The van der Waals surface area contributed by atoms with Crippen molar-refractivity contribution in [3.63, 3.8) is 0 Å². The molecule has 3 aromatic rings. The van der Waals surface area contributed by atoms with Gasteiger partial charge in [0.2, 0.25) is 0 Å². The first-order chi connectivity index (χ1) is 12.1. The van der Waals surface area contributed by atoms with Gasteiger partial charge in [0.1, 0.15) is 5.58 Å². The normalized spacial score (nSPS) is 11.0. The van der Waals surface area contributed by atoms with Crippen molar-refractivity contribution in [1.29, 1.82) is 0 Å². The maximum Gasteiger partial charge on any atom is 0.289 e. The van der Waals surface area contributed by atoms with Crippen molar-refractivity contribution in [3.8, 4) is 0 Å². The number of hydrogen-bond donors (Lipinski definition) is 1. The molecule has 5 nitrogen and oxygen atoms in total. The van der Waals surface area contributed by atoms with Gasteiger partial charge < -0.3 is 14.4 Å². The molecule has 0 aliphatic rings. The van der Waals surface area contributed by atoms with Crippen molar-refractivity contribution in [2.45, 2.75) is 20.3 Å². The Morgan fingerprint density at radius 2 is 1.92 bits per heavy atom. The van der Waals surface area contributed by atoms with Gasteiger partial charge in [-0.2, -0.15) is 0 Å². The average molecular weight is 338 g/mol. The van der Waals surface area contributed by atoms with Crippen LogP contribution in [0.25, 0.3) is 11.0 Å². The van der Waals surface area contributed by atoms with Crippen molar-refractivity contribution < 1.29 is 14.3 Å². The van der Waals surface area contributed by atoms with Crippen LogP contribution in [0.1, 0.15) is 27.2 Å². The third-order valence-electron chi connectivity index (χ3n) is 4.36. The second-order valence-corrected chi connectivity index (χ2v) is 6.18. The highest BCUT2D eigenvalue weighted by atomic mass is 16.3. The highest BCUT2D eigenvalue weighted by molar-refractivity contribution is 5.99. The van der Waals surface area contributed by atoms with E-state index in [-0.39, 0.29) is 19.1 Å².